The average molecular weight is 306 g/mol. The van der Waals surface area contributed by atoms with Crippen LogP contribution in [0.5, 0.6) is 5.75 Å². The summed E-state index contributed by atoms with van der Waals surface area (Å²) in [5, 5.41) is 8.67. The number of ether oxygens (including phenoxy) is 1. The van der Waals surface area contributed by atoms with E-state index in [2.05, 4.69) is 21.9 Å². The summed E-state index contributed by atoms with van der Waals surface area (Å²) < 4.78 is 5.46. The standard InChI is InChI=1S/C17H26N2O3/c1-2-22-16-7-5-15(6-8-16)14-19-12-10-18(11-13-19)9-3-4-17(20)21/h5-8H,2-4,9-14H2,1H3,(H,20,21). The van der Waals surface area contributed by atoms with Crippen molar-refractivity contribution < 1.29 is 14.6 Å². The van der Waals surface area contributed by atoms with Crippen LogP contribution in [-0.2, 0) is 11.3 Å². The maximum Gasteiger partial charge on any atom is 0.303 e. The Balaban J connectivity index is 1.69. The Labute approximate surface area is 132 Å². The fourth-order valence-corrected chi connectivity index (χ4v) is 2.74. The first-order valence-electron chi connectivity index (χ1n) is 8.05. The number of carboxylic acid groups (broad SMARTS) is 1. The van der Waals surface area contributed by atoms with E-state index in [9.17, 15) is 4.79 Å². The average Bonchev–Trinajstić information content (AvgIpc) is 2.51. The molecule has 1 saturated heterocycles. The predicted octanol–water partition coefficient (Wildman–Crippen LogP) is 2.07. The van der Waals surface area contributed by atoms with E-state index in [4.69, 9.17) is 9.84 Å². The number of piperazine rings is 1. The minimum atomic E-state index is -0.700. The molecule has 2 rings (SSSR count). The summed E-state index contributed by atoms with van der Waals surface area (Å²) in [5.74, 6) is 0.226. The van der Waals surface area contributed by atoms with Gasteiger partial charge in [0.1, 0.15) is 5.75 Å². The van der Waals surface area contributed by atoms with Crippen LogP contribution >= 0.6 is 0 Å². The minimum Gasteiger partial charge on any atom is -0.494 e. The van der Waals surface area contributed by atoms with Crippen molar-refractivity contribution in [1.29, 1.82) is 0 Å². The maximum atomic E-state index is 10.5. The van der Waals surface area contributed by atoms with Gasteiger partial charge in [0.2, 0.25) is 0 Å². The van der Waals surface area contributed by atoms with Gasteiger partial charge in [0.05, 0.1) is 6.61 Å². The third-order valence-electron chi connectivity index (χ3n) is 3.97. The zero-order valence-corrected chi connectivity index (χ0v) is 13.3. The third-order valence-corrected chi connectivity index (χ3v) is 3.97. The molecule has 1 aliphatic rings. The predicted molar refractivity (Wildman–Crippen MR) is 86.2 cm³/mol. The molecule has 5 nitrogen and oxygen atoms in total. The van der Waals surface area contributed by atoms with Crippen molar-refractivity contribution in [3.05, 3.63) is 29.8 Å². The topological polar surface area (TPSA) is 53.0 Å². The van der Waals surface area contributed by atoms with Gasteiger partial charge in [-0.3, -0.25) is 9.69 Å². The Kier molecular flexibility index (Phi) is 6.68. The Morgan fingerprint density at radius 1 is 1.14 bits per heavy atom. The largest absolute Gasteiger partial charge is 0.494 e. The number of carbonyl (C=O) groups is 1. The second-order valence-corrected chi connectivity index (χ2v) is 5.69. The minimum absolute atomic E-state index is 0.270. The van der Waals surface area contributed by atoms with E-state index in [0.29, 0.717) is 6.61 Å². The monoisotopic (exact) mass is 306 g/mol. The van der Waals surface area contributed by atoms with E-state index in [0.717, 1.165) is 51.4 Å². The van der Waals surface area contributed by atoms with Crippen molar-refractivity contribution in [3.8, 4) is 5.75 Å². The van der Waals surface area contributed by atoms with Gasteiger partial charge in [-0.15, -0.1) is 0 Å². The van der Waals surface area contributed by atoms with E-state index >= 15 is 0 Å². The smallest absolute Gasteiger partial charge is 0.303 e. The van der Waals surface area contributed by atoms with Crippen molar-refractivity contribution in [1.82, 2.24) is 9.80 Å². The van der Waals surface area contributed by atoms with Crippen molar-refractivity contribution in [2.24, 2.45) is 0 Å². The fraction of sp³-hybridized carbons (Fsp3) is 0.588. The van der Waals surface area contributed by atoms with Gasteiger partial charge in [-0.2, -0.15) is 0 Å². The van der Waals surface area contributed by atoms with Crippen LogP contribution in [-0.4, -0.2) is 60.2 Å². The summed E-state index contributed by atoms with van der Waals surface area (Å²) in [5.41, 5.74) is 1.31. The molecule has 0 bridgehead atoms. The lowest BCUT2D eigenvalue weighted by molar-refractivity contribution is -0.137. The maximum absolute atomic E-state index is 10.5. The van der Waals surface area contributed by atoms with Crippen LogP contribution in [0.2, 0.25) is 0 Å². The molecule has 22 heavy (non-hydrogen) atoms. The fourth-order valence-electron chi connectivity index (χ4n) is 2.74. The Bertz CT molecular complexity index is 453. The number of aliphatic carboxylic acids is 1. The lowest BCUT2D eigenvalue weighted by atomic mass is 10.2. The number of rotatable bonds is 8. The first-order valence-corrected chi connectivity index (χ1v) is 8.05. The molecular formula is C17H26N2O3. The molecule has 0 spiro atoms. The van der Waals surface area contributed by atoms with Crippen molar-refractivity contribution >= 4 is 5.97 Å². The third kappa shape index (κ3) is 5.66. The molecule has 1 fully saturated rings. The number of benzene rings is 1. The highest BCUT2D eigenvalue weighted by molar-refractivity contribution is 5.66. The highest BCUT2D eigenvalue weighted by Gasteiger charge is 2.16. The first kappa shape index (κ1) is 16.8. The van der Waals surface area contributed by atoms with Crippen LogP contribution < -0.4 is 4.74 Å². The lowest BCUT2D eigenvalue weighted by Crippen LogP contribution is -2.46. The van der Waals surface area contributed by atoms with Crippen LogP contribution in [0.15, 0.2) is 24.3 Å². The number of hydrogen-bond acceptors (Lipinski definition) is 4. The molecule has 1 heterocycles. The molecular weight excluding hydrogens is 280 g/mol. The number of carboxylic acids is 1. The van der Waals surface area contributed by atoms with E-state index in [-0.39, 0.29) is 6.42 Å². The summed E-state index contributed by atoms with van der Waals surface area (Å²) >= 11 is 0. The van der Waals surface area contributed by atoms with Gasteiger partial charge in [-0.1, -0.05) is 12.1 Å². The summed E-state index contributed by atoms with van der Waals surface area (Å²) in [6.07, 6.45) is 1.01. The molecule has 1 aromatic rings. The first-order chi connectivity index (χ1) is 10.7. The highest BCUT2D eigenvalue weighted by atomic mass is 16.5. The molecule has 0 atom stereocenters. The Morgan fingerprint density at radius 2 is 1.77 bits per heavy atom. The second kappa shape index (κ2) is 8.76. The molecule has 5 heteroatoms. The zero-order chi connectivity index (χ0) is 15.8. The van der Waals surface area contributed by atoms with E-state index < -0.39 is 5.97 Å². The molecule has 122 valence electrons. The van der Waals surface area contributed by atoms with Gasteiger partial charge in [0.15, 0.2) is 0 Å². The lowest BCUT2D eigenvalue weighted by Gasteiger charge is -2.34. The van der Waals surface area contributed by atoms with E-state index in [1.807, 2.05) is 19.1 Å². The zero-order valence-electron chi connectivity index (χ0n) is 13.3. The summed E-state index contributed by atoms with van der Waals surface area (Å²) in [7, 11) is 0. The molecule has 0 aromatic heterocycles. The SMILES string of the molecule is CCOc1ccc(CN2CCN(CCCC(=O)O)CC2)cc1. The van der Waals surface area contributed by atoms with E-state index in [1.54, 1.807) is 0 Å². The summed E-state index contributed by atoms with van der Waals surface area (Å²) in [4.78, 5) is 15.3. The van der Waals surface area contributed by atoms with Crippen LogP contribution in [0.3, 0.4) is 0 Å². The molecule has 0 radical (unpaired) electrons. The van der Waals surface area contributed by atoms with Crippen molar-refractivity contribution in [2.45, 2.75) is 26.3 Å². The Hall–Kier alpha value is -1.59. The Morgan fingerprint density at radius 3 is 2.36 bits per heavy atom. The van der Waals surface area contributed by atoms with Gasteiger partial charge in [0, 0.05) is 39.1 Å². The molecule has 0 aliphatic carbocycles. The summed E-state index contributed by atoms with van der Waals surface area (Å²) in [6, 6.07) is 8.32. The second-order valence-electron chi connectivity index (χ2n) is 5.69. The molecule has 1 aromatic carbocycles. The van der Waals surface area contributed by atoms with Crippen LogP contribution in [0.4, 0.5) is 0 Å². The van der Waals surface area contributed by atoms with Gasteiger partial charge in [-0.25, -0.2) is 0 Å². The number of nitrogens with zero attached hydrogens (tertiary/aromatic N) is 2. The summed E-state index contributed by atoms with van der Waals surface area (Å²) in [6.45, 7) is 8.68. The van der Waals surface area contributed by atoms with Gasteiger partial charge in [-0.05, 0) is 37.6 Å². The van der Waals surface area contributed by atoms with Crippen LogP contribution in [0, 0.1) is 0 Å². The van der Waals surface area contributed by atoms with Gasteiger partial charge in [0.25, 0.3) is 0 Å². The number of hydrogen-bond donors (Lipinski definition) is 1. The molecule has 0 saturated carbocycles. The van der Waals surface area contributed by atoms with Crippen molar-refractivity contribution in [3.63, 3.8) is 0 Å². The molecule has 0 amide bonds. The molecule has 1 N–H and O–H groups in total. The molecule has 1 aliphatic heterocycles. The van der Waals surface area contributed by atoms with Gasteiger partial charge >= 0.3 is 5.97 Å². The highest BCUT2D eigenvalue weighted by Crippen LogP contribution is 2.14. The van der Waals surface area contributed by atoms with E-state index in [1.165, 1.54) is 5.56 Å². The van der Waals surface area contributed by atoms with Crippen LogP contribution in [0.1, 0.15) is 25.3 Å². The molecule has 0 unspecified atom stereocenters. The quantitative estimate of drug-likeness (QED) is 0.797. The van der Waals surface area contributed by atoms with Crippen LogP contribution in [0.25, 0.3) is 0 Å². The van der Waals surface area contributed by atoms with Gasteiger partial charge < -0.3 is 14.7 Å². The normalized spacial score (nSPS) is 16.6. The van der Waals surface area contributed by atoms with Crippen molar-refractivity contribution in [2.75, 3.05) is 39.3 Å².